The predicted octanol–water partition coefficient (Wildman–Crippen LogP) is 8.47. The van der Waals surface area contributed by atoms with Crippen LogP contribution in [0.5, 0.6) is 5.75 Å². The Morgan fingerprint density at radius 1 is 0.679 bits per heavy atom. The summed E-state index contributed by atoms with van der Waals surface area (Å²) in [5.41, 5.74) is 2.06. The second kappa shape index (κ2) is 16.6. The van der Waals surface area contributed by atoms with Gasteiger partial charge in [0.1, 0.15) is 5.75 Å². The van der Waals surface area contributed by atoms with Gasteiger partial charge in [0.2, 0.25) is 0 Å². The number of para-hydroxylation sites is 1. The summed E-state index contributed by atoms with van der Waals surface area (Å²) >= 11 is 0. The van der Waals surface area contributed by atoms with Gasteiger partial charge in [-0.25, -0.2) is 0 Å². The third-order valence-electron chi connectivity index (χ3n) is 5.61. The molecule has 0 amide bonds. The lowest BCUT2D eigenvalue weighted by atomic mass is 10.0. The standard InChI is InChI=1S/C26H44O2/c1-4-5-6-7-8-9-10-11-12-13-14-15-16-17-18-22-25(27)28-26-23(2)20-19-21-24(26)3/h19-21H,4-18,22H2,1-3H3. The Morgan fingerprint density at radius 2 is 1.07 bits per heavy atom. The van der Waals surface area contributed by atoms with E-state index in [9.17, 15) is 4.79 Å². The number of hydrogen-bond donors (Lipinski definition) is 0. The topological polar surface area (TPSA) is 26.3 Å². The van der Waals surface area contributed by atoms with Crippen LogP contribution in [0.4, 0.5) is 0 Å². The first-order valence-electron chi connectivity index (χ1n) is 11.9. The van der Waals surface area contributed by atoms with Crippen molar-refractivity contribution in [3.63, 3.8) is 0 Å². The molecule has 0 aliphatic rings. The number of ether oxygens (including phenoxy) is 1. The number of benzene rings is 1. The molecule has 0 saturated carbocycles. The monoisotopic (exact) mass is 388 g/mol. The number of unbranched alkanes of at least 4 members (excludes halogenated alkanes) is 14. The van der Waals surface area contributed by atoms with Crippen molar-refractivity contribution < 1.29 is 9.53 Å². The minimum atomic E-state index is -0.0907. The molecule has 0 N–H and O–H groups in total. The molecule has 0 atom stereocenters. The number of carbonyl (C=O) groups excluding carboxylic acids is 1. The first-order valence-corrected chi connectivity index (χ1v) is 11.9. The van der Waals surface area contributed by atoms with Crippen molar-refractivity contribution in [1.82, 2.24) is 0 Å². The van der Waals surface area contributed by atoms with Crippen molar-refractivity contribution >= 4 is 5.97 Å². The normalized spacial score (nSPS) is 11.0. The average Bonchev–Trinajstić information content (AvgIpc) is 2.68. The van der Waals surface area contributed by atoms with Gasteiger partial charge in [-0.05, 0) is 31.4 Å². The van der Waals surface area contributed by atoms with Crippen molar-refractivity contribution in [2.45, 2.75) is 124 Å². The van der Waals surface area contributed by atoms with Gasteiger partial charge in [-0.2, -0.15) is 0 Å². The Hall–Kier alpha value is -1.31. The predicted molar refractivity (Wildman–Crippen MR) is 121 cm³/mol. The van der Waals surface area contributed by atoms with Gasteiger partial charge in [-0.3, -0.25) is 4.79 Å². The van der Waals surface area contributed by atoms with Crippen LogP contribution in [0.15, 0.2) is 18.2 Å². The van der Waals surface area contributed by atoms with Crippen molar-refractivity contribution in [3.8, 4) is 5.75 Å². The van der Waals surface area contributed by atoms with Gasteiger partial charge in [0.05, 0.1) is 0 Å². The molecule has 28 heavy (non-hydrogen) atoms. The fourth-order valence-electron chi connectivity index (χ4n) is 3.77. The van der Waals surface area contributed by atoms with E-state index >= 15 is 0 Å². The number of rotatable bonds is 17. The van der Waals surface area contributed by atoms with Crippen LogP contribution in [0.25, 0.3) is 0 Å². The zero-order valence-corrected chi connectivity index (χ0v) is 18.9. The van der Waals surface area contributed by atoms with E-state index in [-0.39, 0.29) is 5.97 Å². The maximum absolute atomic E-state index is 12.0. The molecule has 0 aliphatic carbocycles. The van der Waals surface area contributed by atoms with E-state index in [2.05, 4.69) is 6.92 Å². The molecule has 0 heterocycles. The second-order valence-corrected chi connectivity index (χ2v) is 8.39. The Morgan fingerprint density at radius 3 is 1.50 bits per heavy atom. The highest BCUT2D eigenvalue weighted by molar-refractivity contribution is 5.73. The van der Waals surface area contributed by atoms with Gasteiger partial charge in [-0.15, -0.1) is 0 Å². The fourth-order valence-corrected chi connectivity index (χ4v) is 3.77. The zero-order chi connectivity index (χ0) is 20.5. The first kappa shape index (κ1) is 24.7. The van der Waals surface area contributed by atoms with Gasteiger partial charge in [0.15, 0.2) is 0 Å². The third kappa shape index (κ3) is 12.2. The highest BCUT2D eigenvalue weighted by atomic mass is 16.5. The first-order chi connectivity index (χ1) is 13.6. The number of carbonyl (C=O) groups is 1. The Balaban J connectivity index is 1.88. The molecule has 1 aromatic rings. The van der Waals surface area contributed by atoms with Crippen LogP contribution >= 0.6 is 0 Å². The van der Waals surface area contributed by atoms with Crippen molar-refractivity contribution in [1.29, 1.82) is 0 Å². The summed E-state index contributed by atoms with van der Waals surface area (Å²) in [7, 11) is 0. The Kier molecular flexibility index (Phi) is 14.7. The van der Waals surface area contributed by atoms with E-state index in [1.54, 1.807) is 0 Å². The number of hydrogen-bond acceptors (Lipinski definition) is 2. The van der Waals surface area contributed by atoms with E-state index < -0.39 is 0 Å². The molecule has 0 saturated heterocycles. The van der Waals surface area contributed by atoms with Crippen LogP contribution in [0.3, 0.4) is 0 Å². The summed E-state index contributed by atoms with van der Waals surface area (Å²) in [5.74, 6) is 0.653. The molecule has 2 nitrogen and oxygen atoms in total. The maximum atomic E-state index is 12.0. The van der Waals surface area contributed by atoms with E-state index in [1.807, 2.05) is 32.0 Å². The molecular formula is C26H44O2. The third-order valence-corrected chi connectivity index (χ3v) is 5.61. The molecule has 0 spiro atoms. The van der Waals surface area contributed by atoms with E-state index in [0.717, 1.165) is 29.7 Å². The van der Waals surface area contributed by atoms with E-state index in [4.69, 9.17) is 4.74 Å². The SMILES string of the molecule is CCCCCCCCCCCCCCCCCC(=O)Oc1c(C)cccc1C. The molecule has 0 fully saturated rings. The van der Waals surface area contributed by atoms with Crippen LogP contribution in [0.1, 0.15) is 121 Å². The van der Waals surface area contributed by atoms with Gasteiger partial charge in [0.25, 0.3) is 0 Å². The molecule has 1 aromatic carbocycles. The van der Waals surface area contributed by atoms with Crippen LogP contribution in [-0.4, -0.2) is 5.97 Å². The fraction of sp³-hybridized carbons (Fsp3) is 0.731. The highest BCUT2D eigenvalue weighted by Gasteiger charge is 2.09. The molecular weight excluding hydrogens is 344 g/mol. The minimum absolute atomic E-state index is 0.0907. The van der Waals surface area contributed by atoms with Crippen molar-refractivity contribution in [2.24, 2.45) is 0 Å². The summed E-state index contributed by atoms with van der Waals surface area (Å²) in [6, 6.07) is 5.98. The molecule has 160 valence electrons. The van der Waals surface area contributed by atoms with Crippen LogP contribution in [0.2, 0.25) is 0 Å². The van der Waals surface area contributed by atoms with Gasteiger partial charge in [0, 0.05) is 6.42 Å². The van der Waals surface area contributed by atoms with Crippen LogP contribution < -0.4 is 4.74 Å². The molecule has 1 rings (SSSR count). The number of aryl methyl sites for hydroxylation is 2. The lowest BCUT2D eigenvalue weighted by Crippen LogP contribution is -2.09. The van der Waals surface area contributed by atoms with Crippen LogP contribution in [0, 0.1) is 13.8 Å². The van der Waals surface area contributed by atoms with E-state index in [0.29, 0.717) is 6.42 Å². The quantitative estimate of drug-likeness (QED) is 0.152. The summed E-state index contributed by atoms with van der Waals surface area (Å²) in [4.78, 5) is 12.0. The highest BCUT2D eigenvalue weighted by Crippen LogP contribution is 2.23. The molecule has 0 unspecified atom stereocenters. The van der Waals surface area contributed by atoms with Gasteiger partial charge >= 0.3 is 5.97 Å². The molecule has 0 aliphatic heterocycles. The van der Waals surface area contributed by atoms with Gasteiger partial charge in [-0.1, -0.05) is 115 Å². The summed E-state index contributed by atoms with van der Waals surface area (Å²) in [6.45, 7) is 6.26. The lowest BCUT2D eigenvalue weighted by molar-refractivity contribution is -0.134. The molecule has 2 heteroatoms. The minimum Gasteiger partial charge on any atom is -0.426 e. The summed E-state index contributed by atoms with van der Waals surface area (Å²) in [6.07, 6.45) is 20.6. The van der Waals surface area contributed by atoms with Gasteiger partial charge < -0.3 is 4.74 Å². The molecule has 0 radical (unpaired) electrons. The Bertz CT molecular complexity index is 501. The Labute approximate surface area is 174 Å². The summed E-state index contributed by atoms with van der Waals surface area (Å²) in [5, 5.41) is 0. The largest absolute Gasteiger partial charge is 0.426 e. The zero-order valence-electron chi connectivity index (χ0n) is 18.9. The summed E-state index contributed by atoms with van der Waals surface area (Å²) < 4.78 is 5.56. The molecule has 0 bridgehead atoms. The number of esters is 1. The maximum Gasteiger partial charge on any atom is 0.311 e. The van der Waals surface area contributed by atoms with Crippen LogP contribution in [-0.2, 0) is 4.79 Å². The lowest BCUT2D eigenvalue weighted by Gasteiger charge is -2.10. The van der Waals surface area contributed by atoms with Crippen molar-refractivity contribution in [3.05, 3.63) is 29.3 Å². The average molecular weight is 389 g/mol. The van der Waals surface area contributed by atoms with Crippen molar-refractivity contribution in [2.75, 3.05) is 0 Å². The molecule has 0 aromatic heterocycles. The smallest absolute Gasteiger partial charge is 0.311 e. The second-order valence-electron chi connectivity index (χ2n) is 8.39. The van der Waals surface area contributed by atoms with E-state index in [1.165, 1.54) is 83.5 Å².